The number of imidazole rings is 1. The van der Waals surface area contributed by atoms with Crippen molar-refractivity contribution in [3.63, 3.8) is 0 Å². The van der Waals surface area contributed by atoms with E-state index in [-0.39, 0.29) is 19.1 Å². The highest BCUT2D eigenvalue weighted by Gasteiger charge is 2.13. The number of nitrogens with one attached hydrogen (secondary N) is 2. The third-order valence-corrected chi connectivity index (χ3v) is 3.69. The second-order valence-electron chi connectivity index (χ2n) is 5.57. The number of hydrogen-bond acceptors (Lipinski definition) is 4. The lowest BCUT2D eigenvalue weighted by Gasteiger charge is -2.11. The summed E-state index contributed by atoms with van der Waals surface area (Å²) in [6.45, 7) is 2.52. The number of amides is 1. The Morgan fingerprint density at radius 1 is 1.17 bits per heavy atom. The van der Waals surface area contributed by atoms with Gasteiger partial charge >= 0.3 is 0 Å². The molecular formula is C18H20N4O2. The zero-order valence-corrected chi connectivity index (χ0v) is 13.5. The number of aliphatic hydroxyl groups excluding tert-OH is 1. The molecule has 0 bridgehead atoms. The van der Waals surface area contributed by atoms with Crippen LogP contribution in [0, 0.1) is 6.92 Å². The van der Waals surface area contributed by atoms with E-state index in [1.165, 1.54) is 0 Å². The van der Waals surface area contributed by atoms with Gasteiger partial charge in [0.25, 0.3) is 0 Å². The van der Waals surface area contributed by atoms with E-state index in [0.717, 1.165) is 22.3 Å². The molecule has 0 fully saturated rings. The van der Waals surface area contributed by atoms with Crippen molar-refractivity contribution in [1.82, 2.24) is 9.55 Å². The molecule has 6 heteroatoms. The van der Waals surface area contributed by atoms with Gasteiger partial charge in [-0.25, -0.2) is 4.98 Å². The first-order chi connectivity index (χ1) is 11.7. The molecule has 3 N–H and O–H groups in total. The molecule has 124 valence electrons. The Morgan fingerprint density at radius 3 is 2.67 bits per heavy atom. The molecule has 0 spiro atoms. The molecule has 0 atom stereocenters. The number of carbonyl (C=O) groups excluding carboxylic acids is 1. The maximum atomic E-state index is 12.4. The predicted molar refractivity (Wildman–Crippen MR) is 95.1 cm³/mol. The molecule has 3 rings (SSSR count). The Bertz CT molecular complexity index is 840. The van der Waals surface area contributed by atoms with Crippen molar-refractivity contribution in [1.29, 1.82) is 0 Å². The number of para-hydroxylation sites is 2. The van der Waals surface area contributed by atoms with Crippen molar-refractivity contribution < 1.29 is 9.90 Å². The lowest BCUT2D eigenvalue weighted by molar-refractivity contribution is -0.116. The Kier molecular flexibility index (Phi) is 4.77. The standard InChI is InChI=1S/C18H20N4O2/c1-13-6-8-14(9-7-13)20-17(24)12-22-16-5-3-2-4-15(16)21-18(22)19-10-11-23/h2-9,23H,10-12H2,1H3,(H,19,21)(H,20,24). The van der Waals surface area contributed by atoms with Gasteiger partial charge in [-0.15, -0.1) is 0 Å². The van der Waals surface area contributed by atoms with E-state index in [0.29, 0.717) is 12.5 Å². The topological polar surface area (TPSA) is 79.2 Å². The van der Waals surface area contributed by atoms with Gasteiger partial charge in [0.2, 0.25) is 11.9 Å². The Labute approximate surface area is 140 Å². The van der Waals surface area contributed by atoms with Gasteiger partial charge in [-0.05, 0) is 31.2 Å². The Balaban J connectivity index is 1.82. The minimum absolute atomic E-state index is 0.00122. The molecule has 0 saturated heterocycles. The number of carbonyl (C=O) groups is 1. The normalized spacial score (nSPS) is 10.8. The molecule has 2 aromatic carbocycles. The highest BCUT2D eigenvalue weighted by atomic mass is 16.3. The van der Waals surface area contributed by atoms with Gasteiger partial charge in [-0.2, -0.15) is 0 Å². The molecule has 0 radical (unpaired) electrons. The lowest BCUT2D eigenvalue weighted by Crippen LogP contribution is -2.21. The second-order valence-corrected chi connectivity index (χ2v) is 5.57. The number of rotatable bonds is 6. The fraction of sp³-hybridized carbons (Fsp3) is 0.222. The van der Waals surface area contributed by atoms with Crippen LogP contribution in [0.1, 0.15) is 5.56 Å². The first kappa shape index (κ1) is 16.0. The molecule has 0 aliphatic rings. The van der Waals surface area contributed by atoms with Crippen LogP contribution in [0.5, 0.6) is 0 Å². The van der Waals surface area contributed by atoms with E-state index in [2.05, 4.69) is 15.6 Å². The SMILES string of the molecule is Cc1ccc(NC(=O)Cn2c(NCCO)nc3ccccc32)cc1. The van der Waals surface area contributed by atoms with Crippen LogP contribution < -0.4 is 10.6 Å². The quantitative estimate of drug-likeness (QED) is 0.650. The van der Waals surface area contributed by atoms with Gasteiger partial charge in [0.1, 0.15) is 6.54 Å². The fourth-order valence-electron chi connectivity index (χ4n) is 2.52. The largest absolute Gasteiger partial charge is 0.395 e. The van der Waals surface area contributed by atoms with Gasteiger partial charge in [-0.3, -0.25) is 4.79 Å². The van der Waals surface area contributed by atoms with Crippen molar-refractivity contribution in [3.8, 4) is 0 Å². The van der Waals surface area contributed by atoms with E-state index < -0.39 is 0 Å². The summed E-state index contributed by atoms with van der Waals surface area (Å²) in [7, 11) is 0. The van der Waals surface area contributed by atoms with Crippen molar-refractivity contribution in [2.24, 2.45) is 0 Å². The molecule has 1 heterocycles. The van der Waals surface area contributed by atoms with Crippen LogP contribution in [0.15, 0.2) is 48.5 Å². The summed E-state index contributed by atoms with van der Waals surface area (Å²) < 4.78 is 1.81. The van der Waals surface area contributed by atoms with Gasteiger partial charge in [0.05, 0.1) is 17.6 Å². The van der Waals surface area contributed by atoms with Crippen LogP contribution in [-0.4, -0.2) is 33.7 Å². The zero-order chi connectivity index (χ0) is 16.9. The third kappa shape index (κ3) is 3.55. The first-order valence-electron chi connectivity index (χ1n) is 7.84. The van der Waals surface area contributed by atoms with E-state index in [1.807, 2.05) is 60.0 Å². The van der Waals surface area contributed by atoms with Crippen molar-refractivity contribution >= 4 is 28.6 Å². The summed E-state index contributed by atoms with van der Waals surface area (Å²) >= 11 is 0. The molecule has 1 aromatic heterocycles. The lowest BCUT2D eigenvalue weighted by atomic mass is 10.2. The van der Waals surface area contributed by atoms with Crippen LogP contribution in [0.25, 0.3) is 11.0 Å². The molecule has 0 aliphatic carbocycles. The second kappa shape index (κ2) is 7.14. The Morgan fingerprint density at radius 2 is 1.92 bits per heavy atom. The first-order valence-corrected chi connectivity index (χ1v) is 7.84. The summed E-state index contributed by atoms with van der Waals surface area (Å²) in [5, 5.41) is 15.0. The number of hydrogen-bond donors (Lipinski definition) is 3. The highest BCUT2D eigenvalue weighted by molar-refractivity contribution is 5.92. The molecule has 24 heavy (non-hydrogen) atoms. The minimum atomic E-state index is -0.131. The number of nitrogens with zero attached hydrogens (tertiary/aromatic N) is 2. The summed E-state index contributed by atoms with van der Waals surface area (Å²) in [5.74, 6) is 0.443. The predicted octanol–water partition coefficient (Wildman–Crippen LogP) is 2.39. The van der Waals surface area contributed by atoms with Crippen LogP contribution in [0.4, 0.5) is 11.6 Å². The summed E-state index contributed by atoms with van der Waals surface area (Å²) in [6, 6.07) is 15.3. The van der Waals surface area contributed by atoms with Crippen molar-refractivity contribution in [3.05, 3.63) is 54.1 Å². The highest BCUT2D eigenvalue weighted by Crippen LogP contribution is 2.19. The minimum Gasteiger partial charge on any atom is -0.395 e. The maximum Gasteiger partial charge on any atom is 0.244 e. The number of aromatic nitrogens is 2. The molecule has 0 saturated carbocycles. The van der Waals surface area contributed by atoms with E-state index in [9.17, 15) is 4.79 Å². The molecular weight excluding hydrogens is 304 g/mol. The maximum absolute atomic E-state index is 12.4. The van der Waals surface area contributed by atoms with Gasteiger partial charge in [0.15, 0.2) is 0 Å². The smallest absolute Gasteiger partial charge is 0.244 e. The van der Waals surface area contributed by atoms with Crippen molar-refractivity contribution in [2.45, 2.75) is 13.5 Å². The molecule has 6 nitrogen and oxygen atoms in total. The fourth-order valence-corrected chi connectivity index (χ4v) is 2.52. The molecule has 0 unspecified atom stereocenters. The van der Waals surface area contributed by atoms with Crippen LogP contribution in [-0.2, 0) is 11.3 Å². The van der Waals surface area contributed by atoms with E-state index in [1.54, 1.807) is 0 Å². The van der Waals surface area contributed by atoms with E-state index in [4.69, 9.17) is 5.11 Å². The van der Waals surface area contributed by atoms with Gasteiger partial charge in [0, 0.05) is 12.2 Å². The molecule has 1 amide bonds. The summed E-state index contributed by atoms with van der Waals surface area (Å²) in [6.07, 6.45) is 0. The van der Waals surface area contributed by atoms with E-state index >= 15 is 0 Å². The van der Waals surface area contributed by atoms with Crippen LogP contribution in [0.2, 0.25) is 0 Å². The average Bonchev–Trinajstić information content (AvgIpc) is 2.93. The number of fused-ring (bicyclic) bond motifs is 1. The zero-order valence-electron chi connectivity index (χ0n) is 13.5. The third-order valence-electron chi connectivity index (χ3n) is 3.69. The van der Waals surface area contributed by atoms with Crippen LogP contribution in [0.3, 0.4) is 0 Å². The number of benzene rings is 2. The van der Waals surface area contributed by atoms with Gasteiger partial charge in [-0.1, -0.05) is 29.8 Å². The van der Waals surface area contributed by atoms with Crippen molar-refractivity contribution in [2.75, 3.05) is 23.8 Å². The van der Waals surface area contributed by atoms with Crippen LogP contribution >= 0.6 is 0 Å². The van der Waals surface area contributed by atoms with Gasteiger partial charge < -0.3 is 20.3 Å². The summed E-state index contributed by atoms with van der Waals surface area (Å²) in [4.78, 5) is 16.9. The number of aryl methyl sites for hydroxylation is 1. The average molecular weight is 324 g/mol. The summed E-state index contributed by atoms with van der Waals surface area (Å²) in [5.41, 5.74) is 3.59. The molecule has 0 aliphatic heterocycles. The molecule has 3 aromatic rings. The number of anilines is 2. The monoisotopic (exact) mass is 324 g/mol. The number of aliphatic hydroxyl groups is 1. The Hall–Kier alpha value is -2.86.